The predicted octanol–water partition coefficient (Wildman–Crippen LogP) is 5.82. The van der Waals surface area contributed by atoms with Gasteiger partial charge in [0.25, 0.3) is 15.9 Å². The molecule has 2 amide bonds. The van der Waals surface area contributed by atoms with Crippen molar-refractivity contribution in [3.63, 3.8) is 0 Å². The summed E-state index contributed by atoms with van der Waals surface area (Å²) in [6.07, 6.45) is -0.668. The fourth-order valence-electron chi connectivity index (χ4n) is 5.97. The van der Waals surface area contributed by atoms with Crippen molar-refractivity contribution >= 4 is 28.0 Å². The molecule has 0 spiro atoms. The zero-order valence-corrected chi connectivity index (χ0v) is 28.6. The van der Waals surface area contributed by atoms with Crippen LogP contribution < -0.4 is 9.46 Å². The minimum Gasteiger partial charge on any atom is -0.470 e. The Morgan fingerprint density at radius 2 is 1.65 bits per heavy atom. The summed E-state index contributed by atoms with van der Waals surface area (Å²) >= 11 is 0. The van der Waals surface area contributed by atoms with Crippen LogP contribution in [0.4, 0.5) is 10.7 Å². The molecule has 1 N–H and O–H groups in total. The molecule has 6 bridgehead atoms. The first-order valence-corrected chi connectivity index (χ1v) is 16.9. The molecule has 2 atom stereocenters. The maximum atomic E-state index is 14.3. The van der Waals surface area contributed by atoms with E-state index in [1.807, 2.05) is 52.8 Å². The van der Waals surface area contributed by atoms with Crippen LogP contribution in [0.5, 0.6) is 5.88 Å². The molecule has 1 fully saturated rings. The highest BCUT2D eigenvalue weighted by Gasteiger charge is 2.39. The number of carbonyl (C=O) groups excluding carboxylic acids is 2. The number of hydrogen-bond donors (Lipinski definition) is 1. The molecule has 12 heteroatoms. The maximum Gasteiger partial charge on any atom is 0.410 e. The molecule has 0 aliphatic carbocycles. The van der Waals surface area contributed by atoms with Gasteiger partial charge < -0.3 is 19.3 Å². The number of hydrogen-bond acceptors (Lipinski definition) is 8. The van der Waals surface area contributed by atoms with Gasteiger partial charge in [-0.1, -0.05) is 45.0 Å². The number of fused-ring (bicyclic) bond motifs is 6. The van der Waals surface area contributed by atoms with Crippen LogP contribution in [-0.2, 0) is 14.8 Å². The van der Waals surface area contributed by atoms with Crippen LogP contribution in [0, 0.1) is 19.3 Å². The van der Waals surface area contributed by atoms with E-state index in [0.29, 0.717) is 12.1 Å². The lowest BCUT2D eigenvalue weighted by atomic mass is 9.87. The van der Waals surface area contributed by atoms with Gasteiger partial charge in [-0.25, -0.2) is 22.9 Å². The Kier molecular flexibility index (Phi) is 8.80. The largest absolute Gasteiger partial charge is 0.470 e. The van der Waals surface area contributed by atoms with Crippen molar-refractivity contribution in [2.45, 2.75) is 84.5 Å². The van der Waals surface area contributed by atoms with Crippen LogP contribution in [0.2, 0.25) is 0 Å². The Balaban J connectivity index is 1.70. The van der Waals surface area contributed by atoms with Crippen LogP contribution in [-0.4, -0.2) is 77.6 Å². The quantitative estimate of drug-likeness (QED) is 0.368. The summed E-state index contributed by atoms with van der Waals surface area (Å²) in [7, 11) is -4.18. The van der Waals surface area contributed by atoms with Gasteiger partial charge >= 0.3 is 6.09 Å². The normalized spacial score (nSPS) is 19.9. The second-order valence-corrected chi connectivity index (χ2v) is 16.0. The highest BCUT2D eigenvalue weighted by molar-refractivity contribution is 7.92. The van der Waals surface area contributed by atoms with Crippen LogP contribution in [0.25, 0.3) is 11.3 Å². The third-order valence-corrected chi connectivity index (χ3v) is 9.13. The molecule has 0 saturated carbocycles. The smallest absolute Gasteiger partial charge is 0.410 e. The van der Waals surface area contributed by atoms with Gasteiger partial charge in [-0.2, -0.15) is 4.98 Å². The SMILES string of the molecule is Cc1cccc(C)c1-c1cc2nc(n1)NS(=O)(=O)c1cccc(c1)C(=O)N1C[C@@H](CN(C(=O)OC(C)(C)C)C[C@@H]1CC(C)(C)C)O2. The molecular weight excluding hydrogens is 606 g/mol. The Bertz CT molecular complexity index is 1740. The van der Waals surface area contributed by atoms with Crippen LogP contribution in [0.15, 0.2) is 53.4 Å². The average Bonchev–Trinajstić information content (AvgIpc) is 3.09. The second-order valence-electron chi connectivity index (χ2n) is 14.3. The summed E-state index contributed by atoms with van der Waals surface area (Å²) in [6, 6.07) is 13.0. The van der Waals surface area contributed by atoms with Gasteiger partial charge in [0.05, 0.1) is 29.7 Å². The molecule has 46 heavy (non-hydrogen) atoms. The predicted molar refractivity (Wildman–Crippen MR) is 175 cm³/mol. The van der Waals surface area contributed by atoms with E-state index < -0.39 is 33.9 Å². The minimum atomic E-state index is -4.18. The van der Waals surface area contributed by atoms with Gasteiger partial charge in [0.15, 0.2) is 0 Å². The van der Waals surface area contributed by atoms with Crippen molar-refractivity contribution < 1.29 is 27.5 Å². The average molecular weight is 650 g/mol. The number of rotatable bonds is 2. The van der Waals surface area contributed by atoms with Crippen molar-refractivity contribution in [2.75, 3.05) is 24.4 Å². The lowest BCUT2D eigenvalue weighted by Gasteiger charge is -2.36. The molecule has 0 unspecified atom stereocenters. The third-order valence-electron chi connectivity index (χ3n) is 7.80. The number of ether oxygens (including phenoxy) is 2. The molecule has 2 aliphatic heterocycles. The number of nitrogens with one attached hydrogen (secondary N) is 1. The molecule has 0 radical (unpaired) electrons. The maximum absolute atomic E-state index is 14.3. The van der Waals surface area contributed by atoms with E-state index in [-0.39, 0.29) is 53.2 Å². The molecule has 3 heterocycles. The summed E-state index contributed by atoms with van der Waals surface area (Å²) in [6.45, 7) is 16.0. The van der Waals surface area contributed by atoms with Crippen LogP contribution in [0.3, 0.4) is 0 Å². The van der Waals surface area contributed by atoms with Crippen LogP contribution in [0.1, 0.15) is 69.4 Å². The highest BCUT2D eigenvalue weighted by Crippen LogP contribution is 2.32. The minimum absolute atomic E-state index is 0.102. The van der Waals surface area contributed by atoms with E-state index in [0.717, 1.165) is 16.7 Å². The fraction of sp³-hybridized carbons (Fsp3) is 0.471. The molecule has 3 aromatic rings. The zero-order valence-electron chi connectivity index (χ0n) is 27.7. The standard InChI is InChI=1S/C34H43N5O6S/c1-21-11-9-12-22(2)29(21)27-16-28-36-31(35-27)37-46(42,43)26-14-10-13-23(15-26)30(40)39-20-25(44-28)19-38(32(41)45-34(6,7)8)18-24(39)17-33(3,4)5/h9-16,24-25H,17-20H2,1-8H3,(H,35,36,37)/t24-,25+/m0/s1. The molecule has 246 valence electrons. The Morgan fingerprint density at radius 3 is 2.30 bits per heavy atom. The zero-order chi connectivity index (χ0) is 33.6. The van der Waals surface area contributed by atoms with Crippen molar-refractivity contribution in [3.05, 3.63) is 65.2 Å². The van der Waals surface area contributed by atoms with Crippen molar-refractivity contribution in [1.82, 2.24) is 19.8 Å². The summed E-state index contributed by atoms with van der Waals surface area (Å²) in [5, 5.41) is 0. The van der Waals surface area contributed by atoms with E-state index in [4.69, 9.17) is 9.47 Å². The fourth-order valence-corrected chi connectivity index (χ4v) is 6.96. The van der Waals surface area contributed by atoms with Gasteiger partial charge in [0.1, 0.15) is 11.7 Å². The van der Waals surface area contributed by atoms with E-state index in [1.165, 1.54) is 12.1 Å². The van der Waals surface area contributed by atoms with Gasteiger partial charge in [-0.05, 0) is 75.8 Å². The van der Waals surface area contributed by atoms with Crippen molar-refractivity contribution in [1.29, 1.82) is 0 Å². The summed E-state index contributed by atoms with van der Waals surface area (Å²) in [5.41, 5.74) is 2.44. The lowest BCUT2D eigenvalue weighted by molar-refractivity contribution is 0.0177. The van der Waals surface area contributed by atoms with Gasteiger partial charge in [-0.3, -0.25) is 4.79 Å². The van der Waals surface area contributed by atoms with Gasteiger partial charge in [0.2, 0.25) is 11.8 Å². The Hall–Kier alpha value is -4.19. The first-order chi connectivity index (χ1) is 21.4. The van der Waals surface area contributed by atoms with E-state index in [1.54, 1.807) is 28.0 Å². The Morgan fingerprint density at radius 1 is 0.978 bits per heavy atom. The monoisotopic (exact) mass is 649 g/mol. The highest BCUT2D eigenvalue weighted by atomic mass is 32.2. The van der Waals surface area contributed by atoms with Gasteiger partial charge in [0, 0.05) is 23.7 Å². The van der Waals surface area contributed by atoms with Crippen LogP contribution >= 0.6 is 0 Å². The molecular formula is C34H43N5O6S. The lowest BCUT2D eigenvalue weighted by Crippen LogP contribution is -2.48. The number of sulfonamides is 1. The second kappa shape index (κ2) is 12.2. The molecule has 2 aromatic carbocycles. The molecule has 5 rings (SSSR count). The number of amides is 2. The summed E-state index contributed by atoms with van der Waals surface area (Å²) in [4.78, 5) is 40.1. The van der Waals surface area contributed by atoms with Crippen molar-refractivity contribution in [3.8, 4) is 17.1 Å². The topological polar surface area (TPSA) is 131 Å². The Labute approximate surface area is 271 Å². The van der Waals surface area contributed by atoms with E-state index in [9.17, 15) is 18.0 Å². The number of nitrogens with zero attached hydrogens (tertiary/aromatic N) is 4. The first-order valence-electron chi connectivity index (χ1n) is 15.4. The summed E-state index contributed by atoms with van der Waals surface area (Å²) < 4.78 is 42.0. The van der Waals surface area contributed by atoms with E-state index in [2.05, 4.69) is 35.5 Å². The molecule has 1 saturated heterocycles. The summed E-state index contributed by atoms with van der Waals surface area (Å²) in [5.74, 6) is -0.433. The van der Waals surface area contributed by atoms with Crippen molar-refractivity contribution in [2.24, 2.45) is 5.41 Å². The number of aryl methyl sites for hydroxylation is 2. The number of aromatic nitrogens is 2. The number of benzene rings is 2. The first kappa shape index (κ1) is 33.2. The third kappa shape index (κ3) is 7.60. The number of anilines is 1. The molecule has 2 aliphatic rings. The van der Waals surface area contributed by atoms with Gasteiger partial charge in [-0.15, -0.1) is 0 Å². The molecule has 11 nitrogen and oxygen atoms in total. The molecule has 1 aromatic heterocycles. The number of carbonyl (C=O) groups is 2. The van der Waals surface area contributed by atoms with E-state index >= 15 is 0 Å².